The van der Waals surface area contributed by atoms with Gasteiger partial charge >= 0.3 is 0 Å². The minimum Gasteiger partial charge on any atom is -0.350 e. The first-order valence-electron chi connectivity index (χ1n) is 10.8. The zero-order valence-corrected chi connectivity index (χ0v) is 19.5. The molecular weight excluding hydrogens is 458 g/mol. The second-order valence-corrected chi connectivity index (χ2v) is 9.51. The van der Waals surface area contributed by atoms with Gasteiger partial charge in [-0.3, -0.25) is 14.4 Å². The molecule has 4 rings (SSSR count). The molecule has 3 aromatic rings. The molecule has 6 nitrogen and oxygen atoms in total. The van der Waals surface area contributed by atoms with Crippen LogP contribution < -0.4 is 15.5 Å². The van der Waals surface area contributed by atoms with Crippen molar-refractivity contribution in [3.8, 4) is 0 Å². The Balaban J connectivity index is 1.42. The van der Waals surface area contributed by atoms with E-state index in [1.54, 1.807) is 41.3 Å². The van der Waals surface area contributed by atoms with E-state index in [9.17, 15) is 14.4 Å². The van der Waals surface area contributed by atoms with Gasteiger partial charge in [-0.1, -0.05) is 41.9 Å². The van der Waals surface area contributed by atoms with Gasteiger partial charge in [0.05, 0.1) is 15.3 Å². The van der Waals surface area contributed by atoms with Gasteiger partial charge in [-0.05, 0) is 54.8 Å². The Morgan fingerprint density at radius 2 is 1.73 bits per heavy atom. The Kier molecular flexibility index (Phi) is 7.42. The van der Waals surface area contributed by atoms with E-state index in [0.717, 1.165) is 24.1 Å². The monoisotopic (exact) mass is 481 g/mol. The highest BCUT2D eigenvalue weighted by Crippen LogP contribution is 2.23. The van der Waals surface area contributed by atoms with E-state index in [-0.39, 0.29) is 24.3 Å². The predicted octanol–water partition coefficient (Wildman–Crippen LogP) is 4.82. The molecule has 1 aliphatic heterocycles. The largest absolute Gasteiger partial charge is 0.350 e. The molecule has 0 spiro atoms. The number of nitrogens with one attached hydrogen (secondary N) is 2. The fraction of sp³-hybridized carbons (Fsp3) is 0.240. The fourth-order valence-electron chi connectivity index (χ4n) is 3.77. The minimum absolute atomic E-state index is 0.118. The van der Waals surface area contributed by atoms with E-state index in [0.29, 0.717) is 27.7 Å². The normalized spacial score (nSPS) is 14.6. The minimum atomic E-state index is -0.409. The Hall–Kier alpha value is -3.16. The number of nitrogens with zero attached hydrogens (tertiary/aromatic N) is 1. The molecule has 8 heteroatoms. The van der Waals surface area contributed by atoms with Crippen LogP contribution in [0.4, 0.5) is 5.69 Å². The van der Waals surface area contributed by atoms with Crippen LogP contribution in [-0.4, -0.2) is 30.8 Å². The summed E-state index contributed by atoms with van der Waals surface area (Å²) in [7, 11) is 0. The van der Waals surface area contributed by atoms with Gasteiger partial charge in [0, 0.05) is 30.8 Å². The first-order valence-corrected chi connectivity index (χ1v) is 12.0. The number of halogens is 1. The molecule has 0 bridgehead atoms. The quantitative estimate of drug-likeness (QED) is 0.507. The zero-order valence-electron chi connectivity index (χ0n) is 17.9. The van der Waals surface area contributed by atoms with Crippen molar-refractivity contribution in [1.82, 2.24) is 10.6 Å². The topological polar surface area (TPSA) is 78.5 Å². The average Bonchev–Trinajstić information content (AvgIpc) is 3.29. The van der Waals surface area contributed by atoms with Crippen LogP contribution in [0.2, 0.25) is 4.34 Å². The van der Waals surface area contributed by atoms with Gasteiger partial charge in [-0.25, -0.2) is 0 Å². The molecule has 0 saturated carbocycles. The molecule has 2 aromatic carbocycles. The molecular formula is C25H24ClN3O3S. The second kappa shape index (κ2) is 10.6. The molecule has 1 atom stereocenters. The van der Waals surface area contributed by atoms with Gasteiger partial charge in [0.1, 0.15) is 0 Å². The zero-order chi connectivity index (χ0) is 23.2. The number of anilines is 1. The molecule has 1 saturated heterocycles. The van der Waals surface area contributed by atoms with Crippen molar-refractivity contribution in [2.24, 2.45) is 0 Å². The van der Waals surface area contributed by atoms with E-state index in [1.165, 1.54) is 11.3 Å². The number of carbonyl (C=O) groups excluding carboxylic acids is 3. The highest BCUT2D eigenvalue weighted by atomic mass is 35.5. The van der Waals surface area contributed by atoms with Crippen molar-refractivity contribution in [2.45, 2.75) is 25.3 Å². The van der Waals surface area contributed by atoms with Gasteiger partial charge in [0.2, 0.25) is 5.91 Å². The standard InChI is InChI=1S/C25H24ClN3O3S/c26-22-14-13-21(33-22)25(32)28-20(17-6-2-1-3-7-17)16-27-24(31)18-9-11-19(12-10-18)29-15-5-4-8-23(29)30/h1-3,6-7,9-14,20H,4-5,8,15-16H2,(H,27,31)(H,28,32). The van der Waals surface area contributed by atoms with E-state index in [1.807, 2.05) is 30.3 Å². The molecule has 170 valence electrons. The van der Waals surface area contributed by atoms with Crippen molar-refractivity contribution >= 4 is 46.3 Å². The summed E-state index contributed by atoms with van der Waals surface area (Å²) in [6.07, 6.45) is 2.47. The number of hydrogen-bond donors (Lipinski definition) is 2. The number of carbonyl (C=O) groups is 3. The first-order chi connectivity index (χ1) is 16.0. The molecule has 2 heterocycles. The molecule has 0 radical (unpaired) electrons. The Morgan fingerprint density at radius 3 is 2.39 bits per heavy atom. The van der Waals surface area contributed by atoms with Crippen LogP contribution in [0, 0.1) is 0 Å². The van der Waals surface area contributed by atoms with E-state index < -0.39 is 6.04 Å². The molecule has 3 amide bonds. The van der Waals surface area contributed by atoms with Crippen molar-refractivity contribution in [2.75, 3.05) is 18.0 Å². The molecule has 2 N–H and O–H groups in total. The van der Waals surface area contributed by atoms with Crippen molar-refractivity contribution < 1.29 is 14.4 Å². The van der Waals surface area contributed by atoms with Crippen molar-refractivity contribution in [3.05, 3.63) is 87.1 Å². The van der Waals surface area contributed by atoms with Gasteiger partial charge < -0.3 is 15.5 Å². The molecule has 1 aromatic heterocycles. The van der Waals surface area contributed by atoms with Gasteiger partial charge in [0.15, 0.2) is 0 Å². The number of benzene rings is 2. The lowest BCUT2D eigenvalue weighted by molar-refractivity contribution is -0.119. The van der Waals surface area contributed by atoms with Crippen LogP contribution in [0.15, 0.2) is 66.7 Å². The highest BCUT2D eigenvalue weighted by Gasteiger charge is 2.21. The molecule has 33 heavy (non-hydrogen) atoms. The summed E-state index contributed by atoms with van der Waals surface area (Å²) in [5, 5.41) is 5.89. The van der Waals surface area contributed by atoms with E-state index >= 15 is 0 Å². The van der Waals surface area contributed by atoms with Crippen LogP contribution in [0.3, 0.4) is 0 Å². The average molecular weight is 482 g/mol. The smallest absolute Gasteiger partial charge is 0.261 e. The van der Waals surface area contributed by atoms with E-state index in [2.05, 4.69) is 10.6 Å². The summed E-state index contributed by atoms with van der Waals surface area (Å²) in [6, 6.07) is 19.5. The van der Waals surface area contributed by atoms with Crippen LogP contribution >= 0.6 is 22.9 Å². The van der Waals surface area contributed by atoms with E-state index in [4.69, 9.17) is 11.6 Å². The summed E-state index contributed by atoms with van der Waals surface area (Å²) < 4.78 is 0.541. The Morgan fingerprint density at radius 1 is 0.970 bits per heavy atom. The molecule has 1 fully saturated rings. The van der Waals surface area contributed by atoms with Crippen molar-refractivity contribution in [3.63, 3.8) is 0 Å². The third-order valence-corrected chi connectivity index (χ3v) is 6.77. The number of rotatable bonds is 7. The van der Waals surface area contributed by atoms with Crippen molar-refractivity contribution in [1.29, 1.82) is 0 Å². The highest BCUT2D eigenvalue weighted by molar-refractivity contribution is 7.18. The maximum absolute atomic E-state index is 12.8. The Bertz CT molecular complexity index is 1130. The third kappa shape index (κ3) is 5.80. The lowest BCUT2D eigenvalue weighted by Gasteiger charge is -2.26. The lowest BCUT2D eigenvalue weighted by Crippen LogP contribution is -2.37. The van der Waals surface area contributed by atoms with Crippen LogP contribution in [0.5, 0.6) is 0 Å². The van der Waals surface area contributed by atoms with Crippen LogP contribution in [0.25, 0.3) is 0 Å². The lowest BCUT2D eigenvalue weighted by atomic mass is 10.1. The maximum Gasteiger partial charge on any atom is 0.261 e. The van der Waals surface area contributed by atoms with Gasteiger partial charge in [-0.15, -0.1) is 11.3 Å². The second-order valence-electron chi connectivity index (χ2n) is 7.80. The van der Waals surface area contributed by atoms with Crippen LogP contribution in [-0.2, 0) is 4.79 Å². The number of piperidine rings is 1. The fourth-order valence-corrected chi connectivity index (χ4v) is 4.72. The molecule has 0 aliphatic carbocycles. The number of thiophene rings is 1. The summed E-state index contributed by atoms with van der Waals surface area (Å²) in [5.74, 6) is -0.377. The summed E-state index contributed by atoms with van der Waals surface area (Å²) in [4.78, 5) is 39.8. The molecule has 1 aliphatic rings. The maximum atomic E-state index is 12.8. The number of amides is 3. The molecule has 1 unspecified atom stereocenters. The summed E-state index contributed by atoms with van der Waals surface area (Å²) in [5.41, 5.74) is 2.18. The third-order valence-electron chi connectivity index (χ3n) is 5.54. The summed E-state index contributed by atoms with van der Waals surface area (Å²) in [6.45, 7) is 0.929. The van der Waals surface area contributed by atoms with Crippen LogP contribution in [0.1, 0.15) is 50.9 Å². The SMILES string of the molecule is O=C(NCC(NC(=O)c1ccc(Cl)s1)c1ccccc1)c1ccc(N2CCCCC2=O)cc1. The van der Waals surface area contributed by atoms with Gasteiger partial charge in [0.25, 0.3) is 11.8 Å². The Labute approximate surface area is 201 Å². The predicted molar refractivity (Wildman–Crippen MR) is 131 cm³/mol. The summed E-state index contributed by atoms with van der Waals surface area (Å²) >= 11 is 7.16. The first kappa shape index (κ1) is 23.0. The van der Waals surface area contributed by atoms with Gasteiger partial charge in [-0.2, -0.15) is 0 Å². The number of hydrogen-bond acceptors (Lipinski definition) is 4.